The number of nitrogens with two attached hydrogens (primary N) is 1. The fraction of sp³-hybridized carbons (Fsp3) is 0.857. The van der Waals surface area contributed by atoms with E-state index in [2.05, 4.69) is 41.9 Å². The van der Waals surface area contributed by atoms with Crippen LogP contribution in [0.15, 0.2) is 11.6 Å². The highest BCUT2D eigenvalue weighted by Crippen LogP contribution is 2.36. The zero-order chi connectivity index (χ0) is 12.8. The summed E-state index contributed by atoms with van der Waals surface area (Å²) < 4.78 is 0. The molecule has 1 aliphatic carbocycles. The van der Waals surface area contributed by atoms with Crippen LogP contribution in [-0.4, -0.2) is 28.0 Å². The van der Waals surface area contributed by atoms with Gasteiger partial charge in [0.1, 0.15) is 0 Å². The van der Waals surface area contributed by atoms with Gasteiger partial charge in [0.25, 0.3) is 0 Å². The molecule has 1 aliphatic heterocycles. The van der Waals surface area contributed by atoms with E-state index in [4.69, 9.17) is 5.84 Å². The monoisotopic (exact) mass is 286 g/mol. The van der Waals surface area contributed by atoms with Gasteiger partial charge in [-0.1, -0.05) is 31.4 Å². The fourth-order valence-corrected chi connectivity index (χ4v) is 5.88. The Labute approximate surface area is 120 Å². The number of allylic oxidation sites excluding steroid dienone is 1. The van der Waals surface area contributed by atoms with Crippen molar-refractivity contribution in [1.82, 2.24) is 5.43 Å². The molecular formula is C14H26N2S2. The van der Waals surface area contributed by atoms with E-state index in [1.807, 2.05) is 0 Å². The van der Waals surface area contributed by atoms with Crippen LogP contribution in [0.25, 0.3) is 0 Å². The maximum Gasteiger partial charge on any atom is 0.0549 e. The first kappa shape index (κ1) is 14.8. The van der Waals surface area contributed by atoms with E-state index in [1.54, 1.807) is 5.57 Å². The molecule has 18 heavy (non-hydrogen) atoms. The molecule has 3 N–H and O–H groups in total. The average molecular weight is 287 g/mol. The molecule has 0 aromatic carbocycles. The van der Waals surface area contributed by atoms with Gasteiger partial charge < -0.3 is 0 Å². The van der Waals surface area contributed by atoms with E-state index in [0.29, 0.717) is 16.5 Å². The highest BCUT2D eigenvalue weighted by atomic mass is 32.2. The zero-order valence-electron chi connectivity index (χ0n) is 11.4. The standard InChI is InChI=1S/C14H26N2S2/c1-11-14(18-10-9-17-11)13(16-15)12-7-5-3-2-4-6-8-12/h7,11,13-14,16H,2-6,8-10,15H2,1H3. The molecule has 104 valence electrons. The summed E-state index contributed by atoms with van der Waals surface area (Å²) in [5.74, 6) is 8.43. The van der Waals surface area contributed by atoms with Crippen molar-refractivity contribution >= 4 is 23.5 Å². The Morgan fingerprint density at radius 1 is 1.22 bits per heavy atom. The normalized spacial score (nSPS) is 32.2. The first-order valence-electron chi connectivity index (χ1n) is 7.21. The van der Waals surface area contributed by atoms with E-state index in [-0.39, 0.29) is 0 Å². The van der Waals surface area contributed by atoms with Crippen LogP contribution in [0.5, 0.6) is 0 Å². The maximum absolute atomic E-state index is 5.87. The van der Waals surface area contributed by atoms with Crippen molar-refractivity contribution in [2.24, 2.45) is 5.84 Å². The van der Waals surface area contributed by atoms with Gasteiger partial charge in [0, 0.05) is 22.0 Å². The minimum atomic E-state index is 0.385. The van der Waals surface area contributed by atoms with Gasteiger partial charge in [0.15, 0.2) is 0 Å². The molecule has 3 atom stereocenters. The molecule has 0 bridgehead atoms. The molecule has 1 saturated heterocycles. The minimum absolute atomic E-state index is 0.385. The molecule has 1 fully saturated rings. The molecule has 0 radical (unpaired) electrons. The van der Waals surface area contributed by atoms with E-state index in [9.17, 15) is 0 Å². The van der Waals surface area contributed by atoms with Crippen molar-refractivity contribution < 1.29 is 0 Å². The highest BCUT2D eigenvalue weighted by molar-refractivity contribution is 8.07. The lowest BCUT2D eigenvalue weighted by molar-refractivity contribution is 0.521. The maximum atomic E-state index is 5.87. The topological polar surface area (TPSA) is 38.0 Å². The molecule has 4 heteroatoms. The Hall–Kier alpha value is 0.360. The lowest BCUT2D eigenvalue weighted by Gasteiger charge is -2.36. The summed E-state index contributed by atoms with van der Waals surface area (Å²) in [6.07, 6.45) is 10.4. The predicted molar refractivity (Wildman–Crippen MR) is 85.1 cm³/mol. The highest BCUT2D eigenvalue weighted by Gasteiger charge is 2.31. The molecule has 2 rings (SSSR count). The van der Waals surface area contributed by atoms with Crippen LogP contribution >= 0.6 is 23.5 Å². The van der Waals surface area contributed by atoms with Crippen LogP contribution in [0.4, 0.5) is 0 Å². The summed E-state index contributed by atoms with van der Waals surface area (Å²) in [4.78, 5) is 0. The van der Waals surface area contributed by atoms with Crippen LogP contribution in [0, 0.1) is 0 Å². The van der Waals surface area contributed by atoms with E-state index in [0.717, 1.165) is 0 Å². The first-order chi connectivity index (χ1) is 8.83. The van der Waals surface area contributed by atoms with E-state index < -0.39 is 0 Å². The van der Waals surface area contributed by atoms with Crippen LogP contribution in [0.3, 0.4) is 0 Å². The summed E-state index contributed by atoms with van der Waals surface area (Å²) in [5, 5.41) is 1.34. The summed E-state index contributed by atoms with van der Waals surface area (Å²) in [6.45, 7) is 2.36. The summed E-state index contributed by atoms with van der Waals surface area (Å²) in [7, 11) is 0. The Kier molecular flexibility index (Phi) is 6.42. The lowest BCUT2D eigenvalue weighted by atomic mass is 9.92. The Morgan fingerprint density at radius 2 is 2.00 bits per heavy atom. The van der Waals surface area contributed by atoms with Crippen LogP contribution in [0.2, 0.25) is 0 Å². The summed E-state index contributed by atoms with van der Waals surface area (Å²) in [5.41, 5.74) is 4.69. The molecule has 3 unspecified atom stereocenters. The van der Waals surface area contributed by atoms with Crippen molar-refractivity contribution in [3.8, 4) is 0 Å². The van der Waals surface area contributed by atoms with Crippen LogP contribution in [0.1, 0.15) is 45.4 Å². The SMILES string of the molecule is CC1SCCSC1C(NN)C1=CCCCCCC1. The van der Waals surface area contributed by atoms with Gasteiger partial charge in [-0.05, 0) is 25.7 Å². The van der Waals surface area contributed by atoms with Gasteiger partial charge in [-0.3, -0.25) is 11.3 Å². The first-order valence-corrected chi connectivity index (χ1v) is 9.31. The molecular weight excluding hydrogens is 260 g/mol. The average Bonchev–Trinajstić information content (AvgIpc) is 2.34. The number of thioether (sulfide) groups is 2. The number of hydrogen-bond acceptors (Lipinski definition) is 4. The second-order valence-corrected chi connectivity index (χ2v) is 8.06. The lowest BCUT2D eigenvalue weighted by Crippen LogP contribution is -2.48. The molecule has 1 heterocycles. The van der Waals surface area contributed by atoms with Gasteiger partial charge in [-0.15, -0.1) is 0 Å². The predicted octanol–water partition coefficient (Wildman–Crippen LogP) is 3.34. The molecule has 0 spiro atoms. The molecule has 2 aliphatic rings. The fourth-order valence-electron chi connectivity index (χ4n) is 2.93. The second kappa shape index (κ2) is 7.83. The van der Waals surface area contributed by atoms with Crippen molar-refractivity contribution in [2.75, 3.05) is 11.5 Å². The third kappa shape index (κ3) is 3.92. The Bertz CT molecular complexity index is 281. The summed E-state index contributed by atoms with van der Waals surface area (Å²) in [6, 6.07) is 0.385. The van der Waals surface area contributed by atoms with Crippen molar-refractivity contribution in [3.63, 3.8) is 0 Å². The molecule has 2 nitrogen and oxygen atoms in total. The van der Waals surface area contributed by atoms with Crippen LogP contribution in [-0.2, 0) is 0 Å². The molecule has 0 aromatic heterocycles. The Morgan fingerprint density at radius 3 is 2.78 bits per heavy atom. The smallest absolute Gasteiger partial charge is 0.0549 e. The number of nitrogens with one attached hydrogen (secondary N) is 1. The summed E-state index contributed by atoms with van der Waals surface area (Å²) >= 11 is 4.21. The molecule has 0 aromatic rings. The number of rotatable bonds is 3. The van der Waals surface area contributed by atoms with Gasteiger partial charge in [-0.2, -0.15) is 23.5 Å². The third-order valence-electron chi connectivity index (χ3n) is 3.97. The third-order valence-corrected chi connectivity index (χ3v) is 7.17. The van der Waals surface area contributed by atoms with Gasteiger partial charge >= 0.3 is 0 Å². The molecule has 0 saturated carbocycles. The van der Waals surface area contributed by atoms with Gasteiger partial charge in [0.2, 0.25) is 0 Å². The van der Waals surface area contributed by atoms with Gasteiger partial charge in [0.05, 0.1) is 6.04 Å². The quantitative estimate of drug-likeness (QED) is 0.474. The number of hydrazine groups is 1. The largest absolute Gasteiger partial charge is 0.271 e. The second-order valence-electron chi connectivity index (χ2n) is 5.29. The number of hydrogen-bond donors (Lipinski definition) is 2. The van der Waals surface area contributed by atoms with Crippen LogP contribution < -0.4 is 11.3 Å². The van der Waals surface area contributed by atoms with Crippen molar-refractivity contribution in [1.29, 1.82) is 0 Å². The van der Waals surface area contributed by atoms with Crippen molar-refractivity contribution in [3.05, 3.63) is 11.6 Å². The Balaban J connectivity index is 2.05. The molecule has 0 amide bonds. The minimum Gasteiger partial charge on any atom is -0.271 e. The van der Waals surface area contributed by atoms with Gasteiger partial charge in [-0.25, -0.2) is 0 Å². The zero-order valence-corrected chi connectivity index (χ0v) is 13.0. The van der Waals surface area contributed by atoms with E-state index >= 15 is 0 Å². The van der Waals surface area contributed by atoms with Crippen molar-refractivity contribution in [2.45, 2.75) is 62.0 Å². The van der Waals surface area contributed by atoms with E-state index in [1.165, 1.54) is 50.0 Å².